The summed E-state index contributed by atoms with van der Waals surface area (Å²) in [5, 5.41) is 0. The lowest BCUT2D eigenvalue weighted by atomic mass is 9.86. The third kappa shape index (κ3) is 5.16. The SMILES string of the molecule is C=C(CCC(C)=Nc1cccc(C)c1C)c1ccc(C(C)(C)C)cc1. The Bertz CT molecular complexity index is 771. The van der Waals surface area contributed by atoms with Gasteiger partial charge in [-0.15, -0.1) is 0 Å². The van der Waals surface area contributed by atoms with Crippen molar-refractivity contribution in [3.8, 4) is 0 Å². The summed E-state index contributed by atoms with van der Waals surface area (Å²) in [7, 11) is 0. The third-order valence-corrected chi connectivity index (χ3v) is 4.84. The van der Waals surface area contributed by atoms with Crippen molar-refractivity contribution in [2.45, 2.75) is 59.8 Å². The van der Waals surface area contributed by atoms with Crippen LogP contribution in [0.1, 0.15) is 62.8 Å². The van der Waals surface area contributed by atoms with E-state index >= 15 is 0 Å². The van der Waals surface area contributed by atoms with Gasteiger partial charge in [-0.2, -0.15) is 0 Å². The van der Waals surface area contributed by atoms with Gasteiger partial charge in [0.25, 0.3) is 0 Å². The zero-order valence-electron chi connectivity index (χ0n) is 16.6. The van der Waals surface area contributed by atoms with Crippen molar-refractivity contribution in [1.82, 2.24) is 0 Å². The van der Waals surface area contributed by atoms with Crippen molar-refractivity contribution >= 4 is 17.0 Å². The van der Waals surface area contributed by atoms with Crippen LogP contribution in [-0.2, 0) is 5.41 Å². The van der Waals surface area contributed by atoms with E-state index in [2.05, 4.69) is 90.6 Å². The lowest BCUT2D eigenvalue weighted by Crippen LogP contribution is -2.10. The van der Waals surface area contributed by atoms with E-state index in [1.807, 2.05) is 0 Å². The average Bonchev–Trinajstić information content (AvgIpc) is 2.56. The highest BCUT2D eigenvalue weighted by atomic mass is 14.7. The number of aliphatic imine (C=N–C) groups is 1. The zero-order chi connectivity index (χ0) is 18.6. The maximum absolute atomic E-state index is 4.81. The minimum absolute atomic E-state index is 0.189. The van der Waals surface area contributed by atoms with Gasteiger partial charge in [-0.25, -0.2) is 0 Å². The lowest BCUT2D eigenvalue weighted by molar-refractivity contribution is 0.590. The van der Waals surface area contributed by atoms with Gasteiger partial charge in [0, 0.05) is 5.71 Å². The van der Waals surface area contributed by atoms with Crippen LogP contribution in [0.2, 0.25) is 0 Å². The van der Waals surface area contributed by atoms with Crippen molar-refractivity contribution in [1.29, 1.82) is 0 Å². The van der Waals surface area contributed by atoms with Crippen LogP contribution in [0.15, 0.2) is 54.0 Å². The highest BCUT2D eigenvalue weighted by Gasteiger charge is 2.13. The Morgan fingerprint density at radius 1 is 0.960 bits per heavy atom. The predicted molar refractivity (Wildman–Crippen MR) is 112 cm³/mol. The van der Waals surface area contributed by atoms with Crippen LogP contribution in [0.5, 0.6) is 0 Å². The topological polar surface area (TPSA) is 12.4 Å². The molecule has 0 aromatic heterocycles. The van der Waals surface area contributed by atoms with Gasteiger partial charge in [0.15, 0.2) is 0 Å². The molecule has 0 radical (unpaired) electrons. The number of aryl methyl sites for hydroxylation is 1. The molecular formula is C24H31N. The Kier molecular flexibility index (Phi) is 6.00. The van der Waals surface area contributed by atoms with Gasteiger partial charge in [-0.1, -0.05) is 63.7 Å². The van der Waals surface area contributed by atoms with Crippen LogP contribution in [0.3, 0.4) is 0 Å². The zero-order valence-corrected chi connectivity index (χ0v) is 16.6. The number of hydrogen-bond acceptors (Lipinski definition) is 1. The van der Waals surface area contributed by atoms with Gasteiger partial charge in [-0.05, 0) is 72.9 Å². The Labute approximate surface area is 153 Å². The molecule has 0 aliphatic carbocycles. The van der Waals surface area contributed by atoms with Crippen molar-refractivity contribution in [2.75, 3.05) is 0 Å². The molecule has 0 fully saturated rings. The van der Waals surface area contributed by atoms with Crippen LogP contribution in [0.4, 0.5) is 5.69 Å². The second-order valence-electron chi connectivity index (χ2n) is 8.00. The molecule has 0 aliphatic heterocycles. The van der Waals surface area contributed by atoms with Crippen molar-refractivity contribution in [3.05, 3.63) is 71.3 Å². The van der Waals surface area contributed by atoms with E-state index in [0.717, 1.165) is 24.2 Å². The average molecular weight is 334 g/mol. The molecule has 0 N–H and O–H groups in total. The molecule has 0 saturated heterocycles. The first-order valence-electron chi connectivity index (χ1n) is 9.07. The molecule has 2 aromatic carbocycles. The molecule has 0 heterocycles. The number of rotatable bonds is 5. The molecule has 0 spiro atoms. The van der Waals surface area contributed by atoms with Gasteiger partial charge >= 0.3 is 0 Å². The lowest BCUT2D eigenvalue weighted by Gasteiger charge is -2.19. The number of allylic oxidation sites excluding steroid dienone is 1. The molecule has 2 aromatic rings. The highest BCUT2D eigenvalue weighted by molar-refractivity contribution is 5.86. The van der Waals surface area contributed by atoms with E-state index in [0.29, 0.717) is 0 Å². The molecule has 0 atom stereocenters. The van der Waals surface area contributed by atoms with E-state index in [9.17, 15) is 0 Å². The molecule has 132 valence electrons. The normalized spacial score (nSPS) is 12.3. The molecule has 25 heavy (non-hydrogen) atoms. The minimum atomic E-state index is 0.189. The Balaban J connectivity index is 2.01. The molecule has 0 amide bonds. The second-order valence-corrected chi connectivity index (χ2v) is 8.00. The number of benzene rings is 2. The summed E-state index contributed by atoms with van der Waals surface area (Å²) >= 11 is 0. The van der Waals surface area contributed by atoms with Gasteiger partial charge < -0.3 is 0 Å². The summed E-state index contributed by atoms with van der Waals surface area (Å²) in [4.78, 5) is 4.81. The first-order chi connectivity index (χ1) is 11.7. The van der Waals surface area contributed by atoms with Gasteiger partial charge in [0.05, 0.1) is 5.69 Å². The number of hydrogen-bond donors (Lipinski definition) is 0. The third-order valence-electron chi connectivity index (χ3n) is 4.84. The number of nitrogens with zero attached hydrogens (tertiary/aromatic N) is 1. The first-order valence-corrected chi connectivity index (χ1v) is 9.07. The molecule has 1 nitrogen and oxygen atoms in total. The van der Waals surface area contributed by atoms with Crippen LogP contribution in [0, 0.1) is 13.8 Å². The van der Waals surface area contributed by atoms with Crippen LogP contribution in [-0.4, -0.2) is 5.71 Å². The van der Waals surface area contributed by atoms with E-state index in [1.54, 1.807) is 0 Å². The van der Waals surface area contributed by atoms with Crippen LogP contribution < -0.4 is 0 Å². The standard InChI is InChI=1S/C24H31N/c1-17-9-8-10-23(20(17)4)25-19(3)12-11-18(2)21-13-15-22(16-14-21)24(5,6)7/h8-10,13-16H,2,11-12H2,1,3-7H3. The smallest absolute Gasteiger partial charge is 0.0660 e. The molecule has 0 saturated carbocycles. The second kappa shape index (κ2) is 7.82. The molecular weight excluding hydrogens is 302 g/mol. The monoisotopic (exact) mass is 333 g/mol. The fourth-order valence-corrected chi connectivity index (χ4v) is 2.80. The molecule has 2 rings (SSSR count). The Morgan fingerprint density at radius 2 is 1.60 bits per heavy atom. The van der Waals surface area contributed by atoms with Gasteiger partial charge in [-0.3, -0.25) is 4.99 Å². The van der Waals surface area contributed by atoms with Crippen molar-refractivity contribution in [3.63, 3.8) is 0 Å². The molecule has 0 bridgehead atoms. The highest BCUT2D eigenvalue weighted by Crippen LogP contribution is 2.26. The molecule has 0 unspecified atom stereocenters. The Hall–Kier alpha value is -2.15. The van der Waals surface area contributed by atoms with E-state index in [4.69, 9.17) is 4.99 Å². The first kappa shape index (κ1) is 19.2. The van der Waals surface area contributed by atoms with Crippen molar-refractivity contribution in [2.24, 2.45) is 4.99 Å². The summed E-state index contributed by atoms with van der Waals surface area (Å²) in [6.07, 6.45) is 1.88. The Morgan fingerprint density at radius 3 is 2.20 bits per heavy atom. The molecule has 0 aliphatic rings. The molecule has 1 heteroatoms. The predicted octanol–water partition coefficient (Wildman–Crippen LogP) is 7.19. The van der Waals surface area contributed by atoms with Gasteiger partial charge in [0.2, 0.25) is 0 Å². The fraction of sp³-hybridized carbons (Fsp3) is 0.375. The summed E-state index contributed by atoms with van der Waals surface area (Å²) in [6, 6.07) is 15.1. The maximum Gasteiger partial charge on any atom is 0.0660 e. The van der Waals surface area contributed by atoms with Gasteiger partial charge in [0.1, 0.15) is 0 Å². The van der Waals surface area contributed by atoms with Crippen LogP contribution in [0.25, 0.3) is 5.57 Å². The van der Waals surface area contributed by atoms with E-state index in [-0.39, 0.29) is 5.41 Å². The van der Waals surface area contributed by atoms with E-state index in [1.165, 1.54) is 27.8 Å². The van der Waals surface area contributed by atoms with E-state index < -0.39 is 0 Å². The summed E-state index contributed by atoms with van der Waals surface area (Å²) < 4.78 is 0. The minimum Gasteiger partial charge on any atom is -0.258 e. The quantitative estimate of drug-likeness (QED) is 0.513. The van der Waals surface area contributed by atoms with Crippen LogP contribution >= 0.6 is 0 Å². The summed E-state index contributed by atoms with van der Waals surface area (Å²) in [6.45, 7) is 17.4. The fourth-order valence-electron chi connectivity index (χ4n) is 2.80. The largest absolute Gasteiger partial charge is 0.258 e. The maximum atomic E-state index is 4.81. The van der Waals surface area contributed by atoms with Crippen molar-refractivity contribution < 1.29 is 0 Å². The summed E-state index contributed by atoms with van der Waals surface area (Å²) in [5.41, 5.74) is 8.74. The summed E-state index contributed by atoms with van der Waals surface area (Å²) in [5.74, 6) is 0.